The lowest BCUT2D eigenvalue weighted by molar-refractivity contribution is -0.137. The van der Waals surface area contributed by atoms with Gasteiger partial charge in [0.05, 0.1) is 17.0 Å². The number of carboxylic acids is 1. The van der Waals surface area contributed by atoms with E-state index in [9.17, 15) is 18.0 Å². The van der Waals surface area contributed by atoms with Gasteiger partial charge < -0.3 is 5.11 Å². The van der Waals surface area contributed by atoms with Gasteiger partial charge in [0.1, 0.15) is 5.56 Å². The summed E-state index contributed by atoms with van der Waals surface area (Å²) in [6.07, 6.45) is -4.40. The molecule has 2 rings (SSSR count). The van der Waals surface area contributed by atoms with Gasteiger partial charge in [-0.05, 0) is 26.0 Å². The summed E-state index contributed by atoms with van der Waals surface area (Å²) in [6, 6.07) is 4.40. The summed E-state index contributed by atoms with van der Waals surface area (Å²) < 4.78 is 37.5. The summed E-state index contributed by atoms with van der Waals surface area (Å²) in [6.45, 7) is 3.04. The maximum atomic E-state index is 12.5. The lowest BCUT2D eigenvalue weighted by atomic mass is 10.1. The SMILES string of the molecule is Cc1nc(-c2ccc(C(F)(F)F)cc2)nc(C)c1C(=O)O. The summed E-state index contributed by atoms with van der Waals surface area (Å²) in [7, 11) is 0. The molecule has 4 nitrogen and oxygen atoms in total. The molecule has 0 saturated heterocycles. The third-order valence-corrected chi connectivity index (χ3v) is 2.96. The van der Waals surface area contributed by atoms with Crippen molar-refractivity contribution in [2.24, 2.45) is 0 Å². The highest BCUT2D eigenvalue weighted by Crippen LogP contribution is 2.30. The second kappa shape index (κ2) is 5.16. The van der Waals surface area contributed by atoms with Gasteiger partial charge >= 0.3 is 12.1 Å². The smallest absolute Gasteiger partial charge is 0.416 e. The van der Waals surface area contributed by atoms with Crippen molar-refractivity contribution >= 4 is 5.97 Å². The summed E-state index contributed by atoms with van der Waals surface area (Å²) in [5.41, 5.74) is 0.174. The number of aromatic nitrogens is 2. The highest BCUT2D eigenvalue weighted by molar-refractivity contribution is 5.90. The van der Waals surface area contributed by atoms with Crippen molar-refractivity contribution in [3.63, 3.8) is 0 Å². The lowest BCUT2D eigenvalue weighted by Gasteiger charge is -2.09. The lowest BCUT2D eigenvalue weighted by Crippen LogP contribution is -2.09. The number of nitrogens with zero attached hydrogens (tertiary/aromatic N) is 2. The molecule has 2 aromatic rings. The Balaban J connectivity index is 2.46. The Hall–Kier alpha value is -2.44. The van der Waals surface area contributed by atoms with E-state index in [1.54, 1.807) is 0 Å². The van der Waals surface area contributed by atoms with E-state index in [4.69, 9.17) is 5.11 Å². The first-order valence-corrected chi connectivity index (χ1v) is 5.96. The highest BCUT2D eigenvalue weighted by Gasteiger charge is 2.30. The number of hydrogen-bond acceptors (Lipinski definition) is 3. The number of halogens is 3. The Kier molecular flexibility index (Phi) is 3.67. The molecule has 0 fully saturated rings. The number of benzene rings is 1. The molecular formula is C14H11F3N2O2. The molecule has 0 spiro atoms. The van der Waals surface area contributed by atoms with Crippen molar-refractivity contribution < 1.29 is 23.1 Å². The summed E-state index contributed by atoms with van der Waals surface area (Å²) in [5, 5.41) is 9.03. The van der Waals surface area contributed by atoms with Crippen LogP contribution in [-0.2, 0) is 6.18 Å². The number of rotatable bonds is 2. The molecule has 0 radical (unpaired) electrons. The van der Waals surface area contributed by atoms with Crippen LogP contribution in [0.5, 0.6) is 0 Å². The van der Waals surface area contributed by atoms with E-state index >= 15 is 0 Å². The van der Waals surface area contributed by atoms with Crippen molar-refractivity contribution in [2.45, 2.75) is 20.0 Å². The number of hydrogen-bond donors (Lipinski definition) is 1. The number of carbonyl (C=O) groups is 1. The van der Waals surface area contributed by atoms with E-state index in [0.717, 1.165) is 12.1 Å². The molecule has 110 valence electrons. The molecule has 1 N–H and O–H groups in total. The van der Waals surface area contributed by atoms with Gasteiger partial charge in [0.2, 0.25) is 0 Å². The highest BCUT2D eigenvalue weighted by atomic mass is 19.4. The zero-order valence-corrected chi connectivity index (χ0v) is 11.2. The maximum Gasteiger partial charge on any atom is 0.416 e. The minimum atomic E-state index is -4.40. The van der Waals surface area contributed by atoms with Gasteiger partial charge in [-0.2, -0.15) is 13.2 Å². The van der Waals surface area contributed by atoms with Crippen LogP contribution in [0.2, 0.25) is 0 Å². The van der Waals surface area contributed by atoms with Crippen molar-refractivity contribution in [3.05, 3.63) is 46.8 Å². The van der Waals surface area contributed by atoms with Crippen LogP contribution in [0.15, 0.2) is 24.3 Å². The molecule has 0 aliphatic rings. The average molecular weight is 296 g/mol. The topological polar surface area (TPSA) is 63.1 Å². The van der Waals surface area contributed by atoms with Crippen LogP contribution in [0.25, 0.3) is 11.4 Å². The Morgan fingerprint density at radius 1 is 1.05 bits per heavy atom. The van der Waals surface area contributed by atoms with Crippen LogP contribution in [-0.4, -0.2) is 21.0 Å². The van der Waals surface area contributed by atoms with E-state index in [2.05, 4.69) is 9.97 Å². The molecule has 7 heteroatoms. The van der Waals surface area contributed by atoms with Gasteiger partial charge in [0.25, 0.3) is 0 Å². The van der Waals surface area contributed by atoms with E-state index in [0.29, 0.717) is 5.56 Å². The van der Waals surface area contributed by atoms with Gasteiger partial charge in [0.15, 0.2) is 5.82 Å². The minimum absolute atomic E-state index is 0.00524. The molecule has 0 saturated carbocycles. The van der Waals surface area contributed by atoms with Crippen LogP contribution in [0.3, 0.4) is 0 Å². The third-order valence-electron chi connectivity index (χ3n) is 2.96. The largest absolute Gasteiger partial charge is 0.478 e. The van der Waals surface area contributed by atoms with Gasteiger partial charge in [-0.25, -0.2) is 14.8 Å². The minimum Gasteiger partial charge on any atom is -0.478 e. The van der Waals surface area contributed by atoms with E-state index in [1.165, 1.54) is 26.0 Å². The molecule has 0 atom stereocenters. The summed E-state index contributed by atoms with van der Waals surface area (Å²) in [5.74, 6) is -0.937. The second-order valence-corrected chi connectivity index (χ2v) is 4.47. The number of carboxylic acid groups (broad SMARTS) is 1. The summed E-state index contributed by atoms with van der Waals surface area (Å²) in [4.78, 5) is 19.1. The fourth-order valence-electron chi connectivity index (χ4n) is 1.96. The zero-order valence-electron chi connectivity index (χ0n) is 11.2. The first-order valence-electron chi connectivity index (χ1n) is 5.96. The van der Waals surface area contributed by atoms with Gasteiger partial charge in [0, 0.05) is 5.56 Å². The van der Waals surface area contributed by atoms with Crippen molar-refractivity contribution in [3.8, 4) is 11.4 Å². The van der Waals surface area contributed by atoms with Crippen LogP contribution in [0, 0.1) is 13.8 Å². The van der Waals surface area contributed by atoms with Gasteiger partial charge in [-0.3, -0.25) is 0 Å². The first-order chi connectivity index (χ1) is 9.70. The molecule has 1 aromatic carbocycles. The standard InChI is InChI=1S/C14H11F3N2O2/c1-7-11(13(20)21)8(2)19-12(18-7)9-3-5-10(6-4-9)14(15,16)17/h3-6H,1-2H3,(H,20,21). The summed E-state index contributed by atoms with van der Waals surface area (Å²) >= 11 is 0. The molecule has 0 aliphatic heterocycles. The molecule has 0 amide bonds. The molecular weight excluding hydrogens is 285 g/mol. The Morgan fingerprint density at radius 3 is 1.90 bits per heavy atom. The van der Waals surface area contributed by atoms with Crippen molar-refractivity contribution in [1.82, 2.24) is 9.97 Å². The van der Waals surface area contributed by atoms with Crippen LogP contribution in [0.4, 0.5) is 13.2 Å². The third kappa shape index (κ3) is 3.01. The van der Waals surface area contributed by atoms with Crippen molar-refractivity contribution in [1.29, 1.82) is 0 Å². The molecule has 0 bridgehead atoms. The van der Waals surface area contributed by atoms with Crippen LogP contribution < -0.4 is 0 Å². The normalized spacial score (nSPS) is 11.5. The Morgan fingerprint density at radius 2 is 1.52 bits per heavy atom. The number of aromatic carboxylic acids is 1. The van der Waals surface area contributed by atoms with Gasteiger partial charge in [-0.1, -0.05) is 12.1 Å². The molecule has 0 aliphatic carbocycles. The van der Waals surface area contributed by atoms with E-state index in [-0.39, 0.29) is 22.8 Å². The number of alkyl halides is 3. The van der Waals surface area contributed by atoms with E-state index in [1.807, 2.05) is 0 Å². The van der Waals surface area contributed by atoms with Crippen LogP contribution >= 0.6 is 0 Å². The fourth-order valence-corrected chi connectivity index (χ4v) is 1.96. The first kappa shape index (κ1) is 15.0. The molecule has 1 heterocycles. The predicted octanol–water partition coefficient (Wildman–Crippen LogP) is 3.48. The van der Waals surface area contributed by atoms with E-state index < -0.39 is 17.7 Å². The zero-order chi connectivity index (χ0) is 15.8. The molecule has 1 aromatic heterocycles. The van der Waals surface area contributed by atoms with Crippen molar-refractivity contribution in [2.75, 3.05) is 0 Å². The number of aryl methyl sites for hydroxylation is 2. The quantitative estimate of drug-likeness (QED) is 0.921. The Labute approximate surface area is 118 Å². The molecule has 21 heavy (non-hydrogen) atoms. The average Bonchev–Trinajstić information content (AvgIpc) is 2.36. The monoisotopic (exact) mass is 296 g/mol. The van der Waals surface area contributed by atoms with Crippen LogP contribution in [0.1, 0.15) is 27.3 Å². The second-order valence-electron chi connectivity index (χ2n) is 4.47. The molecule has 0 unspecified atom stereocenters. The van der Waals surface area contributed by atoms with Gasteiger partial charge in [-0.15, -0.1) is 0 Å². The fraction of sp³-hybridized carbons (Fsp3) is 0.214. The maximum absolute atomic E-state index is 12.5. The Bertz CT molecular complexity index is 671. The predicted molar refractivity (Wildman–Crippen MR) is 68.9 cm³/mol.